The van der Waals surface area contributed by atoms with Crippen molar-refractivity contribution >= 4 is 23.2 Å². The van der Waals surface area contributed by atoms with Gasteiger partial charge in [-0.3, -0.25) is 14.6 Å². The third kappa shape index (κ3) is 4.09. The summed E-state index contributed by atoms with van der Waals surface area (Å²) in [7, 11) is 0. The number of aromatic nitrogens is 1. The minimum absolute atomic E-state index is 0.276. The third-order valence-corrected chi connectivity index (χ3v) is 3.90. The number of nitrogens with zero attached hydrogens (tertiary/aromatic N) is 2. The molecule has 2 amide bonds. The Morgan fingerprint density at radius 3 is 2.76 bits per heavy atom. The smallest absolute Gasteiger partial charge is 0.313 e. The quantitative estimate of drug-likeness (QED) is 0.830. The van der Waals surface area contributed by atoms with Gasteiger partial charge in [-0.25, -0.2) is 8.78 Å². The molecule has 8 heteroatoms. The van der Waals surface area contributed by atoms with Gasteiger partial charge in [0.1, 0.15) is 11.6 Å². The summed E-state index contributed by atoms with van der Waals surface area (Å²) < 4.78 is 26.8. The Morgan fingerprint density at radius 2 is 2.04 bits per heavy atom. The number of hydrogen-bond donors (Lipinski definition) is 2. The van der Waals surface area contributed by atoms with E-state index < -0.39 is 23.4 Å². The second kappa shape index (κ2) is 7.25. The van der Waals surface area contributed by atoms with Gasteiger partial charge in [0.2, 0.25) is 0 Å². The second-order valence-corrected chi connectivity index (χ2v) is 5.70. The van der Waals surface area contributed by atoms with E-state index in [1.165, 1.54) is 18.3 Å². The fourth-order valence-electron chi connectivity index (χ4n) is 2.71. The van der Waals surface area contributed by atoms with Gasteiger partial charge in [0.25, 0.3) is 0 Å². The summed E-state index contributed by atoms with van der Waals surface area (Å²) in [6.45, 7) is 0.839. The number of pyridine rings is 1. The highest BCUT2D eigenvalue weighted by molar-refractivity contribution is 6.39. The zero-order valence-electron chi connectivity index (χ0n) is 13.2. The topological polar surface area (TPSA) is 74.3 Å². The van der Waals surface area contributed by atoms with Gasteiger partial charge in [0, 0.05) is 31.4 Å². The van der Waals surface area contributed by atoms with Crippen molar-refractivity contribution in [3.63, 3.8) is 0 Å². The average Bonchev–Trinajstić information content (AvgIpc) is 3.04. The first-order chi connectivity index (χ1) is 12.0. The van der Waals surface area contributed by atoms with Crippen molar-refractivity contribution in [1.82, 2.24) is 10.3 Å². The van der Waals surface area contributed by atoms with Crippen molar-refractivity contribution in [2.75, 3.05) is 23.3 Å². The summed E-state index contributed by atoms with van der Waals surface area (Å²) in [6, 6.07) is 6.33. The molecule has 0 saturated carbocycles. The molecule has 0 bridgehead atoms. The summed E-state index contributed by atoms with van der Waals surface area (Å²) in [5.74, 6) is -2.85. The largest absolute Gasteiger partial charge is 0.367 e. The lowest BCUT2D eigenvalue weighted by Gasteiger charge is -2.19. The molecule has 1 saturated heterocycles. The number of halogens is 2. The average molecular weight is 346 g/mol. The van der Waals surface area contributed by atoms with Gasteiger partial charge in [0.15, 0.2) is 0 Å². The van der Waals surface area contributed by atoms with Crippen LogP contribution in [0.4, 0.5) is 20.2 Å². The van der Waals surface area contributed by atoms with Gasteiger partial charge in [0.05, 0.1) is 17.6 Å². The highest BCUT2D eigenvalue weighted by Gasteiger charge is 2.27. The van der Waals surface area contributed by atoms with E-state index in [0.29, 0.717) is 25.2 Å². The molecule has 2 N–H and O–H groups in total. The van der Waals surface area contributed by atoms with Crippen molar-refractivity contribution < 1.29 is 18.4 Å². The van der Waals surface area contributed by atoms with Gasteiger partial charge in [-0.1, -0.05) is 0 Å². The van der Waals surface area contributed by atoms with Crippen LogP contribution in [-0.2, 0) is 9.59 Å². The highest BCUT2D eigenvalue weighted by Crippen LogP contribution is 2.24. The zero-order valence-corrected chi connectivity index (χ0v) is 13.2. The van der Waals surface area contributed by atoms with E-state index in [2.05, 4.69) is 15.6 Å². The monoisotopic (exact) mass is 346 g/mol. The highest BCUT2D eigenvalue weighted by atomic mass is 19.1. The van der Waals surface area contributed by atoms with E-state index in [1.54, 1.807) is 23.2 Å². The van der Waals surface area contributed by atoms with E-state index in [-0.39, 0.29) is 11.7 Å². The number of amides is 2. The number of nitrogens with one attached hydrogen (secondary N) is 2. The lowest BCUT2D eigenvalue weighted by atomic mass is 10.2. The molecule has 0 spiro atoms. The van der Waals surface area contributed by atoms with Crippen LogP contribution in [0.1, 0.15) is 6.42 Å². The van der Waals surface area contributed by atoms with E-state index >= 15 is 0 Å². The van der Waals surface area contributed by atoms with Crippen molar-refractivity contribution in [2.24, 2.45) is 0 Å². The maximum atomic E-state index is 13.8. The van der Waals surface area contributed by atoms with Gasteiger partial charge in [-0.05, 0) is 30.7 Å². The molecule has 6 nitrogen and oxygen atoms in total. The molecule has 130 valence electrons. The van der Waals surface area contributed by atoms with Crippen LogP contribution in [0.5, 0.6) is 0 Å². The van der Waals surface area contributed by atoms with Crippen molar-refractivity contribution in [2.45, 2.75) is 12.5 Å². The number of benzene rings is 1. The molecule has 2 aromatic rings. The standard InChI is InChI=1S/C17H16F2N4O2/c18-11-3-4-15(14(19)8-11)23-7-5-13(10-23)22-17(25)16(24)21-12-2-1-6-20-9-12/h1-4,6,8-9,13H,5,7,10H2,(H,21,24)(H,22,25)/t13-/m1/s1. The fourth-order valence-corrected chi connectivity index (χ4v) is 2.71. The summed E-state index contributed by atoms with van der Waals surface area (Å²) >= 11 is 0. The van der Waals surface area contributed by atoms with Gasteiger partial charge >= 0.3 is 11.8 Å². The van der Waals surface area contributed by atoms with Crippen molar-refractivity contribution in [3.05, 3.63) is 54.4 Å². The molecule has 0 aliphatic carbocycles. The van der Waals surface area contributed by atoms with Crippen LogP contribution < -0.4 is 15.5 Å². The van der Waals surface area contributed by atoms with E-state index in [0.717, 1.165) is 6.07 Å². The number of anilines is 2. The summed E-state index contributed by atoms with van der Waals surface area (Å²) in [4.78, 5) is 29.4. The molecule has 1 fully saturated rings. The first-order valence-corrected chi connectivity index (χ1v) is 7.75. The summed E-state index contributed by atoms with van der Waals surface area (Å²) in [5, 5.41) is 5.07. The van der Waals surface area contributed by atoms with Crippen molar-refractivity contribution in [1.29, 1.82) is 0 Å². The molecule has 0 unspecified atom stereocenters. The van der Waals surface area contributed by atoms with E-state index in [1.807, 2.05) is 0 Å². The lowest BCUT2D eigenvalue weighted by Crippen LogP contribution is -2.43. The molecular formula is C17H16F2N4O2. The normalized spacial score (nSPS) is 16.6. The van der Waals surface area contributed by atoms with Crippen LogP contribution in [0.15, 0.2) is 42.7 Å². The minimum atomic E-state index is -0.792. The maximum absolute atomic E-state index is 13.8. The van der Waals surface area contributed by atoms with Crippen LogP contribution in [-0.4, -0.2) is 35.9 Å². The van der Waals surface area contributed by atoms with E-state index in [9.17, 15) is 18.4 Å². The molecule has 1 aliphatic rings. The number of carbonyl (C=O) groups is 2. The summed E-state index contributed by atoms with van der Waals surface area (Å²) in [6.07, 6.45) is 3.54. The maximum Gasteiger partial charge on any atom is 0.313 e. The lowest BCUT2D eigenvalue weighted by molar-refractivity contribution is -0.136. The Balaban J connectivity index is 1.55. The number of carbonyl (C=O) groups excluding carboxylic acids is 2. The van der Waals surface area contributed by atoms with Crippen LogP contribution in [0, 0.1) is 11.6 Å². The zero-order chi connectivity index (χ0) is 17.8. The fraction of sp³-hybridized carbons (Fsp3) is 0.235. The van der Waals surface area contributed by atoms with E-state index in [4.69, 9.17) is 0 Å². The molecule has 0 radical (unpaired) electrons. The minimum Gasteiger partial charge on any atom is -0.367 e. The molecule has 25 heavy (non-hydrogen) atoms. The predicted molar refractivity (Wildman–Crippen MR) is 88.0 cm³/mol. The Hall–Kier alpha value is -3.03. The van der Waals surface area contributed by atoms with Gasteiger partial charge < -0.3 is 15.5 Å². The van der Waals surface area contributed by atoms with Crippen molar-refractivity contribution in [3.8, 4) is 0 Å². The van der Waals surface area contributed by atoms with Crippen LogP contribution in [0.25, 0.3) is 0 Å². The SMILES string of the molecule is O=C(Nc1cccnc1)C(=O)N[C@@H]1CCN(c2ccc(F)cc2F)C1. The van der Waals surface area contributed by atoms with Crippen LogP contribution in [0.3, 0.4) is 0 Å². The molecule has 2 heterocycles. The Kier molecular flexibility index (Phi) is 4.87. The van der Waals surface area contributed by atoms with Crippen LogP contribution in [0.2, 0.25) is 0 Å². The molecule has 1 aromatic heterocycles. The number of rotatable bonds is 3. The first-order valence-electron chi connectivity index (χ1n) is 7.75. The Bertz CT molecular complexity index is 785. The first kappa shape index (κ1) is 16.8. The Labute approximate surface area is 142 Å². The Morgan fingerprint density at radius 1 is 1.20 bits per heavy atom. The number of hydrogen-bond acceptors (Lipinski definition) is 4. The predicted octanol–water partition coefficient (Wildman–Crippen LogP) is 1.69. The second-order valence-electron chi connectivity index (χ2n) is 5.70. The molecule has 1 aromatic carbocycles. The molecule has 3 rings (SSSR count). The van der Waals surface area contributed by atoms with Gasteiger partial charge in [-0.15, -0.1) is 0 Å². The molecular weight excluding hydrogens is 330 g/mol. The summed E-state index contributed by atoms with van der Waals surface area (Å²) in [5.41, 5.74) is 0.696. The third-order valence-electron chi connectivity index (χ3n) is 3.90. The molecule has 1 atom stereocenters. The van der Waals surface area contributed by atoms with Crippen LogP contribution >= 0.6 is 0 Å². The van der Waals surface area contributed by atoms with Gasteiger partial charge in [-0.2, -0.15) is 0 Å². The molecule has 1 aliphatic heterocycles.